The molecule has 1 N–H and O–H groups in total. The van der Waals surface area contributed by atoms with Crippen molar-refractivity contribution >= 4 is 27.5 Å². The molecule has 1 nitrogen and oxygen atoms in total. The van der Waals surface area contributed by atoms with Crippen LogP contribution < -0.4 is 5.32 Å². The fourth-order valence-electron chi connectivity index (χ4n) is 2.27. The molecule has 0 aliphatic carbocycles. The van der Waals surface area contributed by atoms with Gasteiger partial charge in [0.25, 0.3) is 0 Å². The summed E-state index contributed by atoms with van der Waals surface area (Å²) in [4.78, 5) is 0. The molecule has 0 saturated carbocycles. The predicted molar refractivity (Wildman–Crippen MR) is 85.9 cm³/mol. The molecular formula is C16H16BrClFN. The van der Waals surface area contributed by atoms with Gasteiger partial charge in [-0.2, -0.15) is 0 Å². The summed E-state index contributed by atoms with van der Waals surface area (Å²) in [7, 11) is 1.84. The zero-order chi connectivity index (χ0) is 14.9. The number of rotatable bonds is 3. The fraction of sp³-hybridized carbons (Fsp3) is 0.250. The number of benzene rings is 2. The minimum atomic E-state index is -0.269. The molecule has 0 spiro atoms. The van der Waals surface area contributed by atoms with Gasteiger partial charge < -0.3 is 5.32 Å². The third-order valence-electron chi connectivity index (χ3n) is 3.43. The van der Waals surface area contributed by atoms with Gasteiger partial charge in [0.15, 0.2) is 0 Å². The van der Waals surface area contributed by atoms with E-state index in [0.717, 1.165) is 16.7 Å². The summed E-state index contributed by atoms with van der Waals surface area (Å²) in [5.74, 6) is -0.269. The summed E-state index contributed by atoms with van der Waals surface area (Å²) < 4.78 is 14.3. The van der Waals surface area contributed by atoms with Gasteiger partial charge in [-0.05, 0) is 67.4 Å². The Morgan fingerprint density at radius 2 is 1.75 bits per heavy atom. The molecule has 0 saturated heterocycles. The highest BCUT2D eigenvalue weighted by Crippen LogP contribution is 2.32. The number of aryl methyl sites for hydroxylation is 2. The van der Waals surface area contributed by atoms with E-state index < -0.39 is 0 Å². The van der Waals surface area contributed by atoms with Gasteiger partial charge in [0.2, 0.25) is 0 Å². The van der Waals surface area contributed by atoms with Crippen LogP contribution >= 0.6 is 27.5 Å². The monoisotopic (exact) mass is 355 g/mol. The lowest BCUT2D eigenvalue weighted by atomic mass is 9.95. The van der Waals surface area contributed by atoms with Gasteiger partial charge in [0.1, 0.15) is 5.82 Å². The van der Waals surface area contributed by atoms with Crippen LogP contribution in [0.5, 0.6) is 0 Å². The molecule has 0 heterocycles. The second-order valence-corrected chi connectivity index (χ2v) is 6.21. The summed E-state index contributed by atoms with van der Waals surface area (Å²) in [6.45, 7) is 4.07. The van der Waals surface area contributed by atoms with E-state index in [4.69, 9.17) is 11.6 Å². The van der Waals surface area contributed by atoms with E-state index in [2.05, 4.69) is 27.3 Å². The maximum Gasteiger partial charge on any atom is 0.124 e. The predicted octanol–water partition coefficient (Wildman–Crippen LogP) is 5.17. The quantitative estimate of drug-likeness (QED) is 0.800. The maximum atomic E-state index is 13.6. The first-order chi connectivity index (χ1) is 9.42. The van der Waals surface area contributed by atoms with Gasteiger partial charge in [-0.3, -0.25) is 0 Å². The molecule has 106 valence electrons. The molecule has 2 aromatic carbocycles. The van der Waals surface area contributed by atoms with Crippen molar-refractivity contribution in [1.29, 1.82) is 0 Å². The average Bonchev–Trinajstić information content (AvgIpc) is 2.35. The Labute approximate surface area is 132 Å². The topological polar surface area (TPSA) is 12.0 Å². The van der Waals surface area contributed by atoms with Crippen molar-refractivity contribution in [3.8, 4) is 0 Å². The molecule has 0 amide bonds. The molecular weight excluding hydrogens is 341 g/mol. The Balaban J connectivity index is 2.55. The van der Waals surface area contributed by atoms with Crippen molar-refractivity contribution in [2.24, 2.45) is 0 Å². The van der Waals surface area contributed by atoms with Crippen molar-refractivity contribution in [3.05, 3.63) is 67.9 Å². The average molecular weight is 357 g/mol. The van der Waals surface area contributed by atoms with E-state index >= 15 is 0 Å². The Morgan fingerprint density at radius 3 is 2.35 bits per heavy atom. The molecule has 20 heavy (non-hydrogen) atoms. The van der Waals surface area contributed by atoms with Crippen LogP contribution in [0.2, 0.25) is 5.02 Å². The maximum absolute atomic E-state index is 13.6. The summed E-state index contributed by atoms with van der Waals surface area (Å²) in [5, 5.41) is 3.89. The van der Waals surface area contributed by atoms with Crippen LogP contribution in [0.4, 0.5) is 4.39 Å². The highest BCUT2D eigenvalue weighted by atomic mass is 79.9. The fourth-order valence-corrected chi connectivity index (χ4v) is 3.08. The van der Waals surface area contributed by atoms with Crippen molar-refractivity contribution in [3.63, 3.8) is 0 Å². The molecule has 0 aromatic heterocycles. The number of hydrogen-bond acceptors (Lipinski definition) is 1. The van der Waals surface area contributed by atoms with Crippen LogP contribution in [0.3, 0.4) is 0 Å². The van der Waals surface area contributed by atoms with Crippen LogP contribution in [-0.2, 0) is 0 Å². The SMILES string of the molecule is CNC(c1cc(F)cc(Br)c1)c1cc(C)c(C)cc1Cl. The van der Waals surface area contributed by atoms with Crippen LogP contribution in [0.15, 0.2) is 34.8 Å². The van der Waals surface area contributed by atoms with E-state index in [0.29, 0.717) is 9.50 Å². The first-order valence-corrected chi connectivity index (χ1v) is 7.49. The second kappa shape index (κ2) is 6.25. The molecule has 0 fully saturated rings. The Hall–Kier alpha value is -0.900. The van der Waals surface area contributed by atoms with Gasteiger partial charge in [-0.15, -0.1) is 0 Å². The van der Waals surface area contributed by atoms with E-state index in [1.54, 1.807) is 0 Å². The number of halogens is 3. The van der Waals surface area contributed by atoms with Crippen LogP contribution in [0, 0.1) is 19.7 Å². The number of hydrogen-bond donors (Lipinski definition) is 1. The van der Waals surface area contributed by atoms with Crippen molar-refractivity contribution in [1.82, 2.24) is 5.32 Å². The van der Waals surface area contributed by atoms with Crippen molar-refractivity contribution in [2.45, 2.75) is 19.9 Å². The molecule has 1 atom stereocenters. The van der Waals surface area contributed by atoms with E-state index in [1.165, 1.54) is 17.7 Å². The van der Waals surface area contributed by atoms with Crippen molar-refractivity contribution < 1.29 is 4.39 Å². The Kier molecular flexibility index (Phi) is 4.84. The first kappa shape index (κ1) is 15.5. The highest BCUT2D eigenvalue weighted by molar-refractivity contribution is 9.10. The van der Waals surface area contributed by atoms with Crippen molar-refractivity contribution in [2.75, 3.05) is 7.05 Å². The van der Waals surface area contributed by atoms with Crippen LogP contribution in [-0.4, -0.2) is 7.05 Å². The summed E-state index contributed by atoms with van der Waals surface area (Å²) in [6.07, 6.45) is 0. The minimum Gasteiger partial charge on any atom is -0.309 e. The van der Waals surface area contributed by atoms with Gasteiger partial charge in [0, 0.05) is 9.50 Å². The highest BCUT2D eigenvalue weighted by Gasteiger charge is 2.17. The zero-order valence-electron chi connectivity index (χ0n) is 11.6. The molecule has 2 aromatic rings. The molecule has 1 unspecified atom stereocenters. The van der Waals surface area contributed by atoms with E-state index in [1.807, 2.05) is 33.0 Å². The van der Waals surface area contributed by atoms with E-state index in [-0.39, 0.29) is 11.9 Å². The van der Waals surface area contributed by atoms with Crippen LogP contribution in [0.1, 0.15) is 28.3 Å². The summed E-state index contributed by atoms with van der Waals surface area (Å²) in [6, 6.07) is 8.72. The Bertz CT molecular complexity index is 622. The van der Waals surface area contributed by atoms with Gasteiger partial charge in [0.05, 0.1) is 6.04 Å². The number of nitrogens with one attached hydrogen (secondary N) is 1. The van der Waals surface area contributed by atoms with Gasteiger partial charge >= 0.3 is 0 Å². The third-order valence-corrected chi connectivity index (χ3v) is 4.22. The molecule has 0 aliphatic heterocycles. The molecule has 0 bridgehead atoms. The molecule has 0 radical (unpaired) electrons. The smallest absolute Gasteiger partial charge is 0.124 e. The lowest BCUT2D eigenvalue weighted by Gasteiger charge is -2.20. The summed E-state index contributed by atoms with van der Waals surface area (Å²) in [5.41, 5.74) is 4.11. The Morgan fingerprint density at radius 1 is 1.10 bits per heavy atom. The first-order valence-electron chi connectivity index (χ1n) is 6.32. The zero-order valence-corrected chi connectivity index (χ0v) is 13.9. The largest absolute Gasteiger partial charge is 0.309 e. The lowest BCUT2D eigenvalue weighted by molar-refractivity contribution is 0.615. The minimum absolute atomic E-state index is 0.145. The van der Waals surface area contributed by atoms with E-state index in [9.17, 15) is 4.39 Å². The molecule has 2 rings (SSSR count). The van der Waals surface area contributed by atoms with Crippen LogP contribution in [0.25, 0.3) is 0 Å². The third kappa shape index (κ3) is 3.22. The van der Waals surface area contributed by atoms with Gasteiger partial charge in [-0.25, -0.2) is 4.39 Å². The second-order valence-electron chi connectivity index (χ2n) is 4.88. The van der Waals surface area contributed by atoms with Gasteiger partial charge in [-0.1, -0.05) is 33.6 Å². The molecule has 4 heteroatoms. The summed E-state index contributed by atoms with van der Waals surface area (Å²) >= 11 is 9.69. The molecule has 0 aliphatic rings. The lowest BCUT2D eigenvalue weighted by Crippen LogP contribution is -2.18. The standard InChI is InChI=1S/C16H16BrClFN/c1-9-4-14(15(18)5-10(9)2)16(20-3)11-6-12(17)8-13(19)7-11/h4-8,16,20H,1-3H3. The normalized spacial score (nSPS) is 12.5.